The van der Waals surface area contributed by atoms with Gasteiger partial charge in [0.05, 0.1) is 5.56 Å². The lowest BCUT2D eigenvalue weighted by atomic mass is 10.1. The minimum absolute atomic E-state index is 0.130. The summed E-state index contributed by atoms with van der Waals surface area (Å²) in [5.74, 6) is 0.292. The molecule has 0 aromatic heterocycles. The molecular weight excluding hydrogens is 459 g/mol. The van der Waals surface area contributed by atoms with E-state index in [1.165, 1.54) is 12.1 Å². The molecule has 0 bridgehead atoms. The van der Waals surface area contributed by atoms with Crippen molar-refractivity contribution >= 4 is 23.3 Å². The van der Waals surface area contributed by atoms with Gasteiger partial charge in [-0.25, -0.2) is 4.79 Å². The van der Waals surface area contributed by atoms with Crippen LogP contribution in [-0.2, 0) is 17.5 Å². The first-order valence-corrected chi connectivity index (χ1v) is 11.1. The topological polar surface area (TPSA) is 61.9 Å². The summed E-state index contributed by atoms with van der Waals surface area (Å²) in [5, 5.41) is 2.75. The van der Waals surface area contributed by atoms with Crippen LogP contribution in [0, 0.1) is 0 Å². The third-order valence-electron chi connectivity index (χ3n) is 5.54. The number of alkyl halides is 3. The number of rotatable bonds is 7. The molecule has 0 radical (unpaired) electrons. The van der Waals surface area contributed by atoms with Gasteiger partial charge in [-0.15, -0.1) is 0 Å². The molecule has 4 rings (SSSR count). The Balaban J connectivity index is 1.33. The molecule has 0 aliphatic carbocycles. The number of hydrogen-bond acceptors (Lipinski definition) is 3. The number of carbonyl (C=O) groups excluding carboxylic acids is 2. The summed E-state index contributed by atoms with van der Waals surface area (Å²) in [4.78, 5) is 28.4. The highest BCUT2D eigenvalue weighted by molar-refractivity contribution is 5.94. The van der Waals surface area contributed by atoms with E-state index in [4.69, 9.17) is 4.74 Å². The van der Waals surface area contributed by atoms with Gasteiger partial charge in [-0.3, -0.25) is 9.69 Å². The smallest absolute Gasteiger partial charge is 0.416 e. The molecule has 1 saturated heterocycles. The monoisotopic (exact) mass is 483 g/mol. The summed E-state index contributed by atoms with van der Waals surface area (Å²) in [7, 11) is 0. The summed E-state index contributed by atoms with van der Waals surface area (Å²) in [6, 6.07) is 20.5. The number of nitrogens with zero attached hydrogens (tertiary/aromatic N) is 2. The van der Waals surface area contributed by atoms with Crippen molar-refractivity contribution in [3.05, 3.63) is 90.0 Å². The summed E-state index contributed by atoms with van der Waals surface area (Å²) < 4.78 is 43.8. The van der Waals surface area contributed by atoms with E-state index in [1.807, 2.05) is 18.2 Å². The van der Waals surface area contributed by atoms with Crippen LogP contribution in [0.4, 0.5) is 29.3 Å². The van der Waals surface area contributed by atoms with Crippen molar-refractivity contribution in [2.45, 2.75) is 19.1 Å². The summed E-state index contributed by atoms with van der Waals surface area (Å²) in [5.41, 5.74) is 1.16. The number of ether oxygens (including phenoxy) is 1. The van der Waals surface area contributed by atoms with Crippen LogP contribution in [0.3, 0.4) is 0 Å². The summed E-state index contributed by atoms with van der Waals surface area (Å²) >= 11 is 0. The lowest BCUT2D eigenvalue weighted by Crippen LogP contribution is -2.49. The molecule has 9 heteroatoms. The Morgan fingerprint density at radius 2 is 1.60 bits per heavy atom. The highest BCUT2D eigenvalue weighted by atomic mass is 19.4. The van der Waals surface area contributed by atoms with Gasteiger partial charge in [0.2, 0.25) is 0 Å². The van der Waals surface area contributed by atoms with Gasteiger partial charge < -0.3 is 15.0 Å². The van der Waals surface area contributed by atoms with Crippen molar-refractivity contribution in [1.82, 2.24) is 4.90 Å². The number of anilines is 2. The summed E-state index contributed by atoms with van der Waals surface area (Å²) in [6.07, 6.45) is -3.67. The van der Waals surface area contributed by atoms with Crippen LogP contribution in [-0.4, -0.2) is 36.5 Å². The SMILES string of the molecule is O=C(COc1ccccc1)Nc1ccc(N2CCCN(Cc3ccc(C(F)(F)F)cc3)C2=O)cc1. The van der Waals surface area contributed by atoms with Gasteiger partial charge >= 0.3 is 12.2 Å². The van der Waals surface area contributed by atoms with E-state index in [0.717, 1.165) is 18.6 Å². The van der Waals surface area contributed by atoms with Gasteiger partial charge in [-0.1, -0.05) is 30.3 Å². The molecule has 1 N–H and O–H groups in total. The molecule has 3 amide bonds. The molecule has 1 aliphatic heterocycles. The molecule has 0 spiro atoms. The van der Waals surface area contributed by atoms with Crippen molar-refractivity contribution in [1.29, 1.82) is 0 Å². The Labute approximate surface area is 200 Å². The number of carbonyl (C=O) groups is 2. The number of urea groups is 1. The third kappa shape index (κ3) is 6.32. The quantitative estimate of drug-likeness (QED) is 0.479. The van der Waals surface area contributed by atoms with Crippen LogP contribution in [0.5, 0.6) is 5.75 Å². The standard InChI is InChI=1S/C26H24F3N3O3/c27-26(28,29)20-9-7-19(8-10-20)17-31-15-4-16-32(25(31)34)22-13-11-21(12-14-22)30-24(33)18-35-23-5-2-1-3-6-23/h1-3,5-14H,4,15-18H2,(H,30,33). The minimum Gasteiger partial charge on any atom is -0.484 e. The van der Waals surface area contributed by atoms with Crippen LogP contribution in [0.2, 0.25) is 0 Å². The predicted molar refractivity (Wildman–Crippen MR) is 126 cm³/mol. The fraction of sp³-hybridized carbons (Fsp3) is 0.231. The molecule has 3 aromatic rings. The first kappa shape index (κ1) is 24.1. The van der Waals surface area contributed by atoms with E-state index in [1.54, 1.807) is 46.2 Å². The number of nitrogens with one attached hydrogen (secondary N) is 1. The first-order valence-electron chi connectivity index (χ1n) is 11.1. The number of halogens is 3. The Kier molecular flexibility index (Phi) is 7.24. The van der Waals surface area contributed by atoms with E-state index in [9.17, 15) is 22.8 Å². The molecule has 1 fully saturated rings. The zero-order chi connectivity index (χ0) is 24.8. The molecule has 1 aliphatic rings. The van der Waals surface area contributed by atoms with E-state index in [0.29, 0.717) is 35.8 Å². The third-order valence-corrected chi connectivity index (χ3v) is 5.54. The Morgan fingerprint density at radius 1 is 0.914 bits per heavy atom. The van der Waals surface area contributed by atoms with Gasteiger partial charge in [-0.05, 0) is 60.5 Å². The van der Waals surface area contributed by atoms with Crippen LogP contribution >= 0.6 is 0 Å². The van der Waals surface area contributed by atoms with Crippen molar-refractivity contribution in [3.8, 4) is 5.75 Å². The van der Waals surface area contributed by atoms with E-state index in [2.05, 4.69) is 5.32 Å². The molecule has 0 saturated carbocycles. The van der Waals surface area contributed by atoms with Gasteiger partial charge in [0, 0.05) is 31.0 Å². The predicted octanol–water partition coefficient (Wildman–Crippen LogP) is 5.56. The molecule has 182 valence electrons. The summed E-state index contributed by atoms with van der Waals surface area (Å²) in [6.45, 7) is 1.14. The second kappa shape index (κ2) is 10.5. The zero-order valence-electron chi connectivity index (χ0n) is 18.8. The second-order valence-electron chi connectivity index (χ2n) is 8.10. The maximum atomic E-state index is 13.0. The number of amides is 3. The molecule has 6 nitrogen and oxygen atoms in total. The van der Waals surface area contributed by atoms with Crippen molar-refractivity contribution in [2.24, 2.45) is 0 Å². The van der Waals surface area contributed by atoms with Crippen molar-refractivity contribution in [2.75, 3.05) is 29.9 Å². The van der Waals surface area contributed by atoms with Gasteiger partial charge in [-0.2, -0.15) is 13.2 Å². The van der Waals surface area contributed by atoms with Crippen LogP contribution in [0.25, 0.3) is 0 Å². The molecule has 1 heterocycles. The first-order chi connectivity index (χ1) is 16.8. The lowest BCUT2D eigenvalue weighted by molar-refractivity contribution is -0.137. The minimum atomic E-state index is -4.39. The largest absolute Gasteiger partial charge is 0.484 e. The Bertz CT molecular complexity index is 1150. The lowest BCUT2D eigenvalue weighted by Gasteiger charge is -2.35. The highest BCUT2D eigenvalue weighted by Crippen LogP contribution is 2.29. The van der Waals surface area contributed by atoms with E-state index < -0.39 is 11.7 Å². The van der Waals surface area contributed by atoms with Crippen LogP contribution < -0.4 is 15.0 Å². The maximum Gasteiger partial charge on any atom is 0.416 e. The van der Waals surface area contributed by atoms with Gasteiger partial charge in [0.25, 0.3) is 5.91 Å². The zero-order valence-corrected chi connectivity index (χ0v) is 18.8. The molecule has 0 unspecified atom stereocenters. The van der Waals surface area contributed by atoms with Gasteiger partial charge in [0.1, 0.15) is 5.75 Å². The number of hydrogen-bond donors (Lipinski definition) is 1. The average molecular weight is 483 g/mol. The van der Waals surface area contributed by atoms with Crippen molar-refractivity contribution in [3.63, 3.8) is 0 Å². The van der Waals surface area contributed by atoms with Crippen molar-refractivity contribution < 1.29 is 27.5 Å². The average Bonchev–Trinajstić information content (AvgIpc) is 2.85. The highest BCUT2D eigenvalue weighted by Gasteiger charge is 2.30. The van der Waals surface area contributed by atoms with E-state index >= 15 is 0 Å². The molecule has 3 aromatic carbocycles. The van der Waals surface area contributed by atoms with Crippen LogP contribution in [0.1, 0.15) is 17.5 Å². The second-order valence-corrected chi connectivity index (χ2v) is 8.10. The maximum absolute atomic E-state index is 13.0. The van der Waals surface area contributed by atoms with E-state index in [-0.39, 0.29) is 25.1 Å². The number of para-hydroxylation sites is 1. The van der Waals surface area contributed by atoms with Gasteiger partial charge in [0.15, 0.2) is 6.61 Å². The fourth-order valence-electron chi connectivity index (χ4n) is 3.77. The fourth-order valence-corrected chi connectivity index (χ4v) is 3.77. The molecular formula is C26H24F3N3O3. The molecule has 0 atom stereocenters. The number of benzene rings is 3. The molecule has 35 heavy (non-hydrogen) atoms. The Morgan fingerprint density at radius 3 is 2.26 bits per heavy atom. The van der Waals surface area contributed by atoms with Crippen LogP contribution in [0.15, 0.2) is 78.9 Å². The normalized spacial score (nSPS) is 14.1. The Hall–Kier alpha value is -4.01.